The van der Waals surface area contributed by atoms with Gasteiger partial charge in [0.1, 0.15) is 11.2 Å². The lowest BCUT2D eigenvalue weighted by Gasteiger charge is -2.29. The molecule has 0 N–H and O–H groups in total. The molecule has 0 spiro atoms. The summed E-state index contributed by atoms with van der Waals surface area (Å²) in [6, 6.07) is 0. The van der Waals surface area contributed by atoms with Crippen molar-refractivity contribution in [2.75, 3.05) is 0 Å². The monoisotopic (exact) mass is 392 g/mol. The Balaban J connectivity index is 1.85. The smallest absolute Gasteiger partial charge is 0.331 e. The zero-order chi connectivity index (χ0) is 20.3. The predicted molar refractivity (Wildman–Crippen MR) is 112 cm³/mol. The molecule has 2 aliphatic carbocycles. The van der Waals surface area contributed by atoms with Crippen LogP contribution in [0.25, 0.3) is 0 Å². The molecule has 160 valence electrons. The van der Waals surface area contributed by atoms with E-state index in [0.717, 1.165) is 89.9 Å². The van der Waals surface area contributed by atoms with E-state index in [2.05, 4.69) is 13.8 Å². The van der Waals surface area contributed by atoms with Gasteiger partial charge in [-0.2, -0.15) is 0 Å². The highest BCUT2D eigenvalue weighted by Crippen LogP contribution is 2.39. The van der Waals surface area contributed by atoms with Gasteiger partial charge in [-0.3, -0.25) is 0 Å². The maximum Gasteiger partial charge on any atom is 0.331 e. The van der Waals surface area contributed by atoms with Gasteiger partial charge in [0, 0.05) is 12.2 Å². The quantitative estimate of drug-likeness (QED) is 0.219. The van der Waals surface area contributed by atoms with Crippen LogP contribution in [-0.4, -0.2) is 23.1 Å². The van der Waals surface area contributed by atoms with Crippen molar-refractivity contribution in [2.24, 2.45) is 0 Å². The first kappa shape index (κ1) is 23.0. The van der Waals surface area contributed by atoms with E-state index in [1.807, 2.05) is 0 Å². The number of unbranched alkanes of at least 4 members (excludes halogenated alkanes) is 4. The van der Waals surface area contributed by atoms with Crippen LogP contribution in [-0.2, 0) is 19.1 Å². The molecule has 0 amide bonds. The molecule has 0 radical (unpaired) electrons. The van der Waals surface area contributed by atoms with Gasteiger partial charge in [-0.15, -0.1) is 0 Å². The van der Waals surface area contributed by atoms with Crippen LogP contribution < -0.4 is 0 Å². The zero-order valence-electron chi connectivity index (χ0n) is 18.1. The lowest BCUT2D eigenvalue weighted by Crippen LogP contribution is -2.32. The average Bonchev–Trinajstić information content (AvgIpc) is 3.31. The summed E-state index contributed by atoms with van der Waals surface area (Å²) in [5.74, 6) is -0.802. The summed E-state index contributed by atoms with van der Waals surface area (Å²) < 4.78 is 11.7. The standard InChI is InChI=1S/C24H40O4/c1-3-5-7-15-23(17-9-10-18-23)27-21(25)13-14-22(26)28-24(16-8-6-4-2)19-11-12-20-24/h13-14H,3-12,15-20H2,1-2H3/b14-13+. The minimum Gasteiger partial charge on any atom is -0.456 e. The van der Waals surface area contributed by atoms with Crippen molar-refractivity contribution in [3.05, 3.63) is 12.2 Å². The van der Waals surface area contributed by atoms with Crippen LogP contribution in [0.1, 0.15) is 117 Å². The van der Waals surface area contributed by atoms with Crippen LogP contribution in [0.15, 0.2) is 12.2 Å². The molecule has 2 aliphatic rings. The van der Waals surface area contributed by atoms with Gasteiger partial charge in [0.15, 0.2) is 0 Å². The minimum absolute atomic E-state index is 0.312. The van der Waals surface area contributed by atoms with E-state index in [4.69, 9.17) is 9.47 Å². The fourth-order valence-electron chi connectivity index (χ4n) is 4.87. The van der Waals surface area contributed by atoms with Crippen molar-refractivity contribution in [1.29, 1.82) is 0 Å². The molecule has 0 aromatic heterocycles. The van der Waals surface area contributed by atoms with Crippen molar-refractivity contribution in [1.82, 2.24) is 0 Å². The Morgan fingerprint density at radius 2 is 1.04 bits per heavy atom. The van der Waals surface area contributed by atoms with Gasteiger partial charge in [-0.1, -0.05) is 39.5 Å². The Labute approximate surface area is 171 Å². The summed E-state index contributed by atoms with van der Waals surface area (Å²) in [6.45, 7) is 4.36. The van der Waals surface area contributed by atoms with Crippen LogP contribution >= 0.6 is 0 Å². The average molecular weight is 393 g/mol. The Morgan fingerprint density at radius 3 is 1.36 bits per heavy atom. The highest BCUT2D eigenvalue weighted by atomic mass is 16.6. The SMILES string of the molecule is CCCCCC1(OC(=O)/C=C/C(=O)OC2(CCCCC)CCCC2)CCCC1. The summed E-state index contributed by atoms with van der Waals surface area (Å²) in [6.07, 6.45) is 19.5. The zero-order valence-corrected chi connectivity index (χ0v) is 18.1. The van der Waals surface area contributed by atoms with Crippen molar-refractivity contribution in [3.8, 4) is 0 Å². The van der Waals surface area contributed by atoms with Crippen molar-refractivity contribution >= 4 is 11.9 Å². The molecular formula is C24H40O4. The Morgan fingerprint density at radius 1 is 0.679 bits per heavy atom. The molecular weight excluding hydrogens is 352 g/mol. The second-order valence-electron chi connectivity index (χ2n) is 8.87. The van der Waals surface area contributed by atoms with E-state index in [0.29, 0.717) is 0 Å². The lowest BCUT2D eigenvalue weighted by molar-refractivity contribution is -0.157. The summed E-state index contributed by atoms with van der Waals surface area (Å²) in [7, 11) is 0. The summed E-state index contributed by atoms with van der Waals surface area (Å²) in [5, 5.41) is 0. The number of ether oxygens (including phenoxy) is 2. The largest absolute Gasteiger partial charge is 0.456 e. The van der Waals surface area contributed by atoms with E-state index < -0.39 is 11.9 Å². The van der Waals surface area contributed by atoms with Crippen molar-refractivity contribution < 1.29 is 19.1 Å². The van der Waals surface area contributed by atoms with Gasteiger partial charge < -0.3 is 9.47 Å². The van der Waals surface area contributed by atoms with E-state index in [9.17, 15) is 9.59 Å². The topological polar surface area (TPSA) is 52.6 Å². The third kappa shape index (κ3) is 7.25. The molecule has 0 aromatic rings. The van der Waals surface area contributed by atoms with Gasteiger partial charge in [-0.25, -0.2) is 9.59 Å². The van der Waals surface area contributed by atoms with Gasteiger partial charge in [-0.05, 0) is 77.0 Å². The molecule has 2 rings (SSSR count). The first-order valence-corrected chi connectivity index (χ1v) is 11.7. The summed E-state index contributed by atoms with van der Waals surface area (Å²) in [5.41, 5.74) is -0.624. The second-order valence-corrected chi connectivity index (χ2v) is 8.87. The Bertz CT molecular complexity index is 465. The van der Waals surface area contributed by atoms with Gasteiger partial charge >= 0.3 is 11.9 Å². The van der Waals surface area contributed by atoms with Crippen LogP contribution in [0.4, 0.5) is 0 Å². The molecule has 4 nitrogen and oxygen atoms in total. The predicted octanol–water partition coefficient (Wildman–Crippen LogP) is 6.42. The van der Waals surface area contributed by atoms with Crippen LogP contribution in [0.3, 0.4) is 0 Å². The van der Waals surface area contributed by atoms with Crippen LogP contribution in [0, 0.1) is 0 Å². The number of esters is 2. The molecule has 0 bridgehead atoms. The Hall–Kier alpha value is -1.32. The molecule has 0 aliphatic heterocycles. The van der Waals surface area contributed by atoms with Crippen LogP contribution in [0.2, 0.25) is 0 Å². The van der Waals surface area contributed by atoms with Crippen molar-refractivity contribution in [2.45, 2.75) is 128 Å². The van der Waals surface area contributed by atoms with E-state index >= 15 is 0 Å². The second kappa shape index (κ2) is 11.6. The highest BCUT2D eigenvalue weighted by molar-refractivity contribution is 5.92. The fraction of sp³-hybridized carbons (Fsp3) is 0.833. The number of carbonyl (C=O) groups is 2. The third-order valence-corrected chi connectivity index (χ3v) is 6.49. The molecule has 28 heavy (non-hydrogen) atoms. The molecule has 0 heterocycles. The molecule has 2 fully saturated rings. The number of hydrogen-bond donors (Lipinski definition) is 0. The molecule has 2 saturated carbocycles. The number of carbonyl (C=O) groups excluding carboxylic acids is 2. The molecule has 0 unspecified atom stereocenters. The lowest BCUT2D eigenvalue weighted by atomic mass is 9.94. The number of rotatable bonds is 12. The fourth-order valence-corrected chi connectivity index (χ4v) is 4.87. The molecule has 0 saturated heterocycles. The highest BCUT2D eigenvalue weighted by Gasteiger charge is 2.38. The van der Waals surface area contributed by atoms with Crippen molar-refractivity contribution in [3.63, 3.8) is 0 Å². The molecule has 4 heteroatoms. The molecule has 0 atom stereocenters. The van der Waals surface area contributed by atoms with E-state index in [-0.39, 0.29) is 11.2 Å². The van der Waals surface area contributed by atoms with E-state index in [1.54, 1.807) is 0 Å². The third-order valence-electron chi connectivity index (χ3n) is 6.49. The van der Waals surface area contributed by atoms with Crippen LogP contribution in [0.5, 0.6) is 0 Å². The maximum atomic E-state index is 12.4. The summed E-state index contributed by atoms with van der Waals surface area (Å²) >= 11 is 0. The minimum atomic E-state index is -0.401. The first-order valence-electron chi connectivity index (χ1n) is 11.7. The van der Waals surface area contributed by atoms with Gasteiger partial charge in [0.25, 0.3) is 0 Å². The molecule has 0 aromatic carbocycles. The van der Waals surface area contributed by atoms with Gasteiger partial charge in [0.2, 0.25) is 0 Å². The number of hydrogen-bond acceptors (Lipinski definition) is 4. The van der Waals surface area contributed by atoms with Gasteiger partial charge in [0.05, 0.1) is 0 Å². The van der Waals surface area contributed by atoms with E-state index in [1.165, 1.54) is 25.0 Å². The summed E-state index contributed by atoms with van der Waals surface area (Å²) in [4.78, 5) is 24.7. The maximum absolute atomic E-state index is 12.4. The normalized spacial score (nSPS) is 20.5. The first-order chi connectivity index (χ1) is 13.5. The Kier molecular flexibility index (Phi) is 9.53.